The van der Waals surface area contributed by atoms with Gasteiger partial charge < -0.3 is 9.73 Å². The second kappa shape index (κ2) is 5.74. The molecule has 0 aliphatic carbocycles. The Morgan fingerprint density at radius 3 is 2.44 bits per heavy atom. The summed E-state index contributed by atoms with van der Waals surface area (Å²) in [6.45, 7) is 9.71. The first-order chi connectivity index (χ1) is 8.25. The molecule has 4 nitrogen and oxygen atoms in total. The molecule has 0 saturated carbocycles. The van der Waals surface area contributed by atoms with Crippen molar-refractivity contribution < 1.29 is 9.21 Å². The van der Waals surface area contributed by atoms with E-state index >= 15 is 0 Å². The van der Waals surface area contributed by atoms with Crippen molar-refractivity contribution in [1.29, 1.82) is 0 Å². The molecule has 1 unspecified atom stereocenters. The predicted molar refractivity (Wildman–Crippen MR) is 72.0 cm³/mol. The van der Waals surface area contributed by atoms with Crippen LogP contribution in [0.15, 0.2) is 4.42 Å². The molecule has 1 aromatic rings. The molecule has 0 fully saturated rings. The number of hydrogen-bond donors (Lipinski definition) is 1. The maximum Gasteiger partial charge on any atom is 0.289 e. The molecule has 0 bridgehead atoms. The van der Waals surface area contributed by atoms with E-state index in [0.29, 0.717) is 17.5 Å². The highest BCUT2D eigenvalue weighted by Crippen LogP contribution is 2.23. The topological polar surface area (TPSA) is 55.1 Å². The number of amides is 1. The maximum absolute atomic E-state index is 12.1. The standard InChI is InChI=1S/C13H21ClN2O2/c1-8-11(18-9(2)15-8)12(17)16-10(6-7-14)13(3,4)5/h10H,6-7H2,1-5H3,(H,16,17). The molecule has 0 saturated heterocycles. The van der Waals surface area contributed by atoms with E-state index in [-0.39, 0.29) is 23.1 Å². The summed E-state index contributed by atoms with van der Waals surface area (Å²) in [6.07, 6.45) is 0.725. The number of hydrogen-bond acceptors (Lipinski definition) is 3. The van der Waals surface area contributed by atoms with Crippen LogP contribution in [0.25, 0.3) is 0 Å². The fourth-order valence-corrected chi connectivity index (χ4v) is 2.01. The molecule has 0 spiro atoms. The van der Waals surface area contributed by atoms with E-state index in [1.165, 1.54) is 0 Å². The van der Waals surface area contributed by atoms with Gasteiger partial charge in [-0.3, -0.25) is 4.79 Å². The van der Waals surface area contributed by atoms with Crippen LogP contribution < -0.4 is 5.32 Å². The quantitative estimate of drug-likeness (QED) is 0.857. The summed E-state index contributed by atoms with van der Waals surface area (Å²) in [5.41, 5.74) is 0.566. The Morgan fingerprint density at radius 2 is 2.06 bits per heavy atom. The third-order valence-electron chi connectivity index (χ3n) is 2.86. The Bertz CT molecular complexity index is 421. The summed E-state index contributed by atoms with van der Waals surface area (Å²) in [5.74, 6) is 1.08. The Hall–Kier alpha value is -1.03. The van der Waals surface area contributed by atoms with Gasteiger partial charge in [0.05, 0.1) is 5.69 Å². The molecular weight excluding hydrogens is 252 g/mol. The molecule has 0 aliphatic heterocycles. The smallest absolute Gasteiger partial charge is 0.289 e. The summed E-state index contributed by atoms with van der Waals surface area (Å²) >= 11 is 5.78. The molecule has 1 rings (SSSR count). The van der Waals surface area contributed by atoms with E-state index in [4.69, 9.17) is 16.0 Å². The fraction of sp³-hybridized carbons (Fsp3) is 0.692. The van der Waals surface area contributed by atoms with Gasteiger partial charge in [-0.25, -0.2) is 4.98 Å². The fourth-order valence-electron chi connectivity index (χ4n) is 1.80. The lowest BCUT2D eigenvalue weighted by Crippen LogP contribution is -2.44. The van der Waals surface area contributed by atoms with Gasteiger partial charge in [0.25, 0.3) is 5.91 Å². The van der Waals surface area contributed by atoms with E-state index in [1.54, 1.807) is 13.8 Å². The highest BCUT2D eigenvalue weighted by atomic mass is 35.5. The molecule has 0 aliphatic rings. The summed E-state index contributed by atoms with van der Waals surface area (Å²) in [5, 5.41) is 2.97. The molecule has 0 radical (unpaired) electrons. The van der Waals surface area contributed by atoms with Crippen molar-refractivity contribution in [2.45, 2.75) is 47.1 Å². The van der Waals surface area contributed by atoms with Gasteiger partial charge in [-0.05, 0) is 18.8 Å². The number of carbonyl (C=O) groups is 1. The molecule has 1 N–H and O–H groups in total. The van der Waals surface area contributed by atoms with Crippen LogP contribution in [0.2, 0.25) is 0 Å². The highest BCUT2D eigenvalue weighted by molar-refractivity contribution is 6.17. The van der Waals surface area contributed by atoms with Crippen molar-refractivity contribution in [2.24, 2.45) is 5.41 Å². The van der Waals surface area contributed by atoms with Crippen molar-refractivity contribution in [3.63, 3.8) is 0 Å². The van der Waals surface area contributed by atoms with E-state index in [0.717, 1.165) is 6.42 Å². The zero-order chi connectivity index (χ0) is 13.9. The van der Waals surface area contributed by atoms with Crippen molar-refractivity contribution in [2.75, 3.05) is 5.88 Å². The molecule has 5 heteroatoms. The lowest BCUT2D eigenvalue weighted by atomic mass is 9.85. The molecule has 1 heterocycles. The van der Waals surface area contributed by atoms with Gasteiger partial charge in [-0.2, -0.15) is 0 Å². The number of alkyl halides is 1. The Morgan fingerprint density at radius 1 is 1.44 bits per heavy atom. The van der Waals surface area contributed by atoms with Crippen LogP contribution in [0.4, 0.5) is 0 Å². The van der Waals surface area contributed by atoms with Gasteiger partial charge >= 0.3 is 0 Å². The molecule has 102 valence electrons. The third-order valence-corrected chi connectivity index (χ3v) is 3.08. The second-order valence-corrected chi connectivity index (χ2v) is 5.90. The van der Waals surface area contributed by atoms with Gasteiger partial charge in [-0.15, -0.1) is 11.6 Å². The summed E-state index contributed by atoms with van der Waals surface area (Å²) < 4.78 is 5.31. The van der Waals surface area contributed by atoms with Crippen LogP contribution in [-0.4, -0.2) is 22.8 Å². The number of nitrogens with zero attached hydrogens (tertiary/aromatic N) is 1. The first kappa shape index (κ1) is 15.0. The summed E-state index contributed by atoms with van der Waals surface area (Å²) in [6, 6.07) is 0.00676. The van der Waals surface area contributed by atoms with Crippen LogP contribution in [0.3, 0.4) is 0 Å². The van der Waals surface area contributed by atoms with Crippen molar-refractivity contribution in [3.05, 3.63) is 17.3 Å². The third kappa shape index (κ3) is 3.73. The first-order valence-corrected chi connectivity index (χ1v) is 6.60. The maximum atomic E-state index is 12.1. The minimum Gasteiger partial charge on any atom is -0.436 e. The zero-order valence-electron chi connectivity index (χ0n) is 11.6. The number of halogens is 1. The van der Waals surface area contributed by atoms with E-state index in [2.05, 4.69) is 31.1 Å². The normalized spacial score (nSPS) is 13.4. The number of nitrogens with one attached hydrogen (secondary N) is 1. The number of rotatable bonds is 4. The molecule has 1 aromatic heterocycles. The number of oxazole rings is 1. The van der Waals surface area contributed by atoms with Crippen LogP contribution in [0, 0.1) is 19.3 Å². The van der Waals surface area contributed by atoms with Gasteiger partial charge in [0, 0.05) is 18.8 Å². The molecular formula is C13H21ClN2O2. The summed E-state index contributed by atoms with van der Waals surface area (Å²) in [7, 11) is 0. The zero-order valence-corrected chi connectivity index (χ0v) is 12.4. The minimum absolute atomic E-state index is 0.00676. The largest absolute Gasteiger partial charge is 0.436 e. The Kier molecular flexibility index (Phi) is 4.79. The number of aryl methyl sites for hydroxylation is 2. The Balaban J connectivity index is 2.82. The van der Waals surface area contributed by atoms with Gasteiger partial charge in [-0.1, -0.05) is 20.8 Å². The summed E-state index contributed by atoms with van der Waals surface area (Å²) in [4.78, 5) is 16.2. The lowest BCUT2D eigenvalue weighted by molar-refractivity contribution is 0.0870. The molecule has 1 atom stereocenters. The average molecular weight is 273 g/mol. The molecule has 0 aromatic carbocycles. The van der Waals surface area contributed by atoms with E-state index in [9.17, 15) is 4.79 Å². The predicted octanol–water partition coefficient (Wildman–Crippen LogP) is 3.06. The van der Waals surface area contributed by atoms with E-state index in [1.807, 2.05) is 0 Å². The number of aromatic nitrogens is 1. The van der Waals surface area contributed by atoms with Crippen LogP contribution in [0.5, 0.6) is 0 Å². The first-order valence-electron chi connectivity index (χ1n) is 6.06. The average Bonchev–Trinajstić information content (AvgIpc) is 2.55. The molecule has 18 heavy (non-hydrogen) atoms. The van der Waals surface area contributed by atoms with Gasteiger partial charge in [0.1, 0.15) is 0 Å². The van der Waals surface area contributed by atoms with Crippen molar-refractivity contribution >= 4 is 17.5 Å². The Labute approximate surface area is 113 Å². The van der Waals surface area contributed by atoms with Gasteiger partial charge in [0.2, 0.25) is 5.76 Å². The van der Waals surface area contributed by atoms with Crippen LogP contribution in [0.1, 0.15) is 49.3 Å². The van der Waals surface area contributed by atoms with Crippen LogP contribution in [-0.2, 0) is 0 Å². The van der Waals surface area contributed by atoms with Crippen LogP contribution >= 0.6 is 11.6 Å². The second-order valence-electron chi connectivity index (χ2n) is 5.52. The van der Waals surface area contributed by atoms with Crippen molar-refractivity contribution in [3.8, 4) is 0 Å². The van der Waals surface area contributed by atoms with Crippen molar-refractivity contribution in [1.82, 2.24) is 10.3 Å². The SMILES string of the molecule is Cc1nc(C)c(C(=O)NC(CCCl)C(C)(C)C)o1. The molecule has 1 amide bonds. The lowest BCUT2D eigenvalue weighted by Gasteiger charge is -2.30. The highest BCUT2D eigenvalue weighted by Gasteiger charge is 2.27. The number of carbonyl (C=O) groups excluding carboxylic acids is 1. The minimum atomic E-state index is -0.224. The van der Waals surface area contributed by atoms with Gasteiger partial charge in [0.15, 0.2) is 5.89 Å². The monoisotopic (exact) mass is 272 g/mol. The van der Waals surface area contributed by atoms with E-state index < -0.39 is 0 Å².